The molecule has 62 valence electrons. The Kier molecular flexibility index (Phi) is 7.53. The van der Waals surface area contributed by atoms with E-state index in [1.165, 1.54) is 0 Å². The van der Waals surface area contributed by atoms with Gasteiger partial charge in [0.25, 0.3) is 0 Å². The van der Waals surface area contributed by atoms with Crippen molar-refractivity contribution in [2.75, 3.05) is 0 Å². The molecule has 0 unspecified atom stereocenters. The third-order valence-electron chi connectivity index (χ3n) is 1.21. The number of carboxylic acids is 2. The van der Waals surface area contributed by atoms with Crippen LogP contribution in [0.25, 0.3) is 0 Å². The van der Waals surface area contributed by atoms with E-state index < -0.39 is 11.9 Å². The molecule has 5 nitrogen and oxygen atoms in total. The molecule has 0 bridgehead atoms. The van der Waals surface area contributed by atoms with Crippen LogP contribution in [0, 0.1) is 0 Å². The van der Waals surface area contributed by atoms with Crippen molar-refractivity contribution in [3.63, 3.8) is 0 Å². The Morgan fingerprint density at radius 3 is 1.64 bits per heavy atom. The van der Waals surface area contributed by atoms with Gasteiger partial charge >= 0.3 is 37.7 Å². The molecule has 1 heterocycles. The summed E-state index contributed by atoms with van der Waals surface area (Å²) in [6.45, 7) is 0. The summed E-state index contributed by atoms with van der Waals surface area (Å²) in [7, 11) is 0. The van der Waals surface area contributed by atoms with Crippen LogP contribution in [0.4, 0.5) is 0 Å². The molecule has 7 heteroatoms. The molecule has 1 aromatic rings. The van der Waals surface area contributed by atoms with Gasteiger partial charge in [-0.25, -0.2) is 0 Å². The van der Waals surface area contributed by atoms with Crippen molar-refractivity contribution in [3.8, 4) is 0 Å². The molecule has 0 atom stereocenters. The average Bonchev–Trinajstić information content (AvgIpc) is 2.04. The van der Waals surface area contributed by atoms with Crippen molar-refractivity contribution in [1.82, 2.24) is 4.98 Å². The Hall–Kier alpha value is -0.715. The van der Waals surface area contributed by atoms with E-state index in [9.17, 15) is 19.8 Å². The van der Waals surface area contributed by atoms with Crippen LogP contribution in [0.3, 0.4) is 0 Å². The average molecular weight is 179 g/mol. The maximum atomic E-state index is 10.2. The number of hydrogen-bond acceptors (Lipinski definition) is 5. The molecule has 0 aliphatic rings. The predicted octanol–water partition coefficient (Wildman–Crippen LogP) is -8.18. The van der Waals surface area contributed by atoms with Crippen molar-refractivity contribution in [3.05, 3.63) is 29.6 Å². The zero-order valence-corrected chi connectivity index (χ0v) is 7.81. The van der Waals surface area contributed by atoms with Gasteiger partial charge in [0.1, 0.15) is 0 Å². The molecule has 1 aromatic heterocycles. The minimum Gasteiger partial charge on any atom is -0.545 e. The molecule has 0 aliphatic carbocycles. The minimum absolute atomic E-state index is 0. The first kappa shape index (κ1) is 15.7. The van der Waals surface area contributed by atoms with Crippen LogP contribution in [0.1, 0.15) is 20.7 Å². The standard InChI is InChI=1S/C7H5NO4.2Li/c9-6(10)4-1-5(7(11)12)3-8-2-4;;/h1-3H,(H,9,10)(H,11,12);;/q;2*+1/p-2. The third kappa shape index (κ3) is 4.00. The third-order valence-corrected chi connectivity index (χ3v) is 1.21. The van der Waals surface area contributed by atoms with Crippen molar-refractivity contribution >= 4 is 11.9 Å². The van der Waals surface area contributed by atoms with E-state index in [-0.39, 0.29) is 48.8 Å². The largest absolute Gasteiger partial charge is 1.00 e. The molecule has 0 amide bonds. The first-order valence-corrected chi connectivity index (χ1v) is 2.99. The summed E-state index contributed by atoms with van der Waals surface area (Å²) in [5, 5.41) is 20.4. The second-order valence-corrected chi connectivity index (χ2v) is 2.04. The van der Waals surface area contributed by atoms with Crippen molar-refractivity contribution < 1.29 is 57.5 Å². The maximum Gasteiger partial charge on any atom is 1.00 e. The molecule has 0 aliphatic heterocycles. The fraction of sp³-hybridized carbons (Fsp3) is 0. The van der Waals surface area contributed by atoms with Gasteiger partial charge in [0.15, 0.2) is 0 Å². The second kappa shape index (κ2) is 6.70. The van der Waals surface area contributed by atoms with E-state index in [1.54, 1.807) is 0 Å². The quantitative estimate of drug-likeness (QED) is 0.420. The van der Waals surface area contributed by atoms with E-state index in [4.69, 9.17) is 0 Å². The molecule has 0 spiro atoms. The fourth-order valence-corrected chi connectivity index (χ4v) is 0.663. The summed E-state index contributed by atoms with van der Waals surface area (Å²) in [6, 6.07) is 0.928. The Morgan fingerprint density at radius 1 is 1.00 bits per heavy atom. The van der Waals surface area contributed by atoms with Crippen molar-refractivity contribution in [2.45, 2.75) is 0 Å². The molecule has 0 aromatic carbocycles. The van der Waals surface area contributed by atoms with E-state index in [1.807, 2.05) is 0 Å². The number of nitrogens with zero attached hydrogens (tertiary/aromatic N) is 1. The smallest absolute Gasteiger partial charge is 0.545 e. The molecular formula is C7H3Li2NO4. The van der Waals surface area contributed by atoms with Gasteiger partial charge in [-0.05, 0) is 6.07 Å². The van der Waals surface area contributed by atoms with Crippen molar-refractivity contribution in [2.24, 2.45) is 0 Å². The molecule has 0 saturated carbocycles. The van der Waals surface area contributed by atoms with Gasteiger partial charge in [-0.3, -0.25) is 4.98 Å². The number of aromatic carboxylic acids is 2. The number of rotatable bonds is 2. The molecule has 0 fully saturated rings. The zero-order chi connectivity index (χ0) is 9.14. The SMILES string of the molecule is O=C([O-])c1cncc(C(=O)[O-])c1.[Li+].[Li+]. The number of hydrogen-bond donors (Lipinski definition) is 0. The maximum absolute atomic E-state index is 10.2. The van der Waals surface area contributed by atoms with Gasteiger partial charge < -0.3 is 19.8 Å². The van der Waals surface area contributed by atoms with Gasteiger partial charge in [0.2, 0.25) is 0 Å². The molecule has 14 heavy (non-hydrogen) atoms. The first-order chi connectivity index (χ1) is 5.61. The summed E-state index contributed by atoms with van der Waals surface area (Å²) >= 11 is 0. The van der Waals surface area contributed by atoms with Gasteiger partial charge in [0, 0.05) is 23.5 Å². The summed E-state index contributed by atoms with van der Waals surface area (Å²) in [6.07, 6.45) is 2.00. The molecule has 0 radical (unpaired) electrons. The topological polar surface area (TPSA) is 93.2 Å². The van der Waals surface area contributed by atoms with Crippen LogP contribution >= 0.6 is 0 Å². The zero-order valence-electron chi connectivity index (χ0n) is 7.81. The van der Waals surface area contributed by atoms with E-state index >= 15 is 0 Å². The minimum atomic E-state index is -1.47. The normalized spacial score (nSPS) is 8.00. The summed E-state index contributed by atoms with van der Waals surface area (Å²) in [5.74, 6) is -2.93. The number of carboxylic acid groups (broad SMARTS) is 2. The summed E-state index contributed by atoms with van der Waals surface area (Å²) < 4.78 is 0. The van der Waals surface area contributed by atoms with Crippen LogP contribution in [0.15, 0.2) is 18.5 Å². The van der Waals surface area contributed by atoms with Gasteiger partial charge in [-0.1, -0.05) is 0 Å². The molecule has 1 rings (SSSR count). The van der Waals surface area contributed by atoms with E-state index in [0.29, 0.717) is 0 Å². The predicted molar refractivity (Wildman–Crippen MR) is 32.9 cm³/mol. The Bertz CT molecular complexity index is 313. The second-order valence-electron chi connectivity index (χ2n) is 2.04. The summed E-state index contributed by atoms with van der Waals surface area (Å²) in [4.78, 5) is 23.8. The Morgan fingerprint density at radius 2 is 1.36 bits per heavy atom. The first-order valence-electron chi connectivity index (χ1n) is 2.99. The Labute approximate surface area is 104 Å². The van der Waals surface area contributed by atoms with Crippen LogP contribution in [0.2, 0.25) is 0 Å². The fourth-order valence-electron chi connectivity index (χ4n) is 0.663. The van der Waals surface area contributed by atoms with Gasteiger partial charge in [-0.15, -0.1) is 0 Å². The number of carbonyl (C=O) groups is 2. The molecular weight excluding hydrogens is 176 g/mol. The monoisotopic (exact) mass is 179 g/mol. The van der Waals surface area contributed by atoms with Crippen molar-refractivity contribution in [1.29, 1.82) is 0 Å². The number of carbonyl (C=O) groups excluding carboxylic acids is 2. The summed E-state index contributed by atoms with van der Waals surface area (Å²) in [5.41, 5.74) is -0.562. The van der Waals surface area contributed by atoms with E-state index in [0.717, 1.165) is 18.5 Å². The van der Waals surface area contributed by atoms with Gasteiger partial charge in [0.05, 0.1) is 11.9 Å². The van der Waals surface area contributed by atoms with E-state index in [2.05, 4.69) is 4.98 Å². The van der Waals surface area contributed by atoms with Crippen LogP contribution < -0.4 is 47.9 Å². The molecule has 0 saturated heterocycles. The number of pyridine rings is 1. The number of aromatic nitrogens is 1. The van der Waals surface area contributed by atoms with Gasteiger partial charge in [-0.2, -0.15) is 0 Å². The van der Waals surface area contributed by atoms with Crippen LogP contribution in [0.5, 0.6) is 0 Å². The van der Waals surface area contributed by atoms with Crippen LogP contribution in [-0.4, -0.2) is 16.9 Å². The van der Waals surface area contributed by atoms with Crippen LogP contribution in [-0.2, 0) is 0 Å². The molecule has 0 N–H and O–H groups in total. The Balaban J connectivity index is 0.